The Labute approximate surface area is 115 Å². The minimum atomic E-state index is 0.0710. The van der Waals surface area contributed by atoms with Gasteiger partial charge in [0.25, 0.3) is 0 Å². The SMILES string of the molecule is Cc1ccccc1CCNC(=O)N1CCN(C)CC1. The van der Waals surface area contributed by atoms with Crippen LogP contribution in [0.1, 0.15) is 11.1 Å². The zero-order chi connectivity index (χ0) is 13.7. The summed E-state index contributed by atoms with van der Waals surface area (Å²) in [7, 11) is 2.09. The van der Waals surface area contributed by atoms with Gasteiger partial charge in [-0.25, -0.2) is 4.79 Å². The Bertz CT molecular complexity index is 425. The van der Waals surface area contributed by atoms with Crippen LogP contribution in [-0.2, 0) is 6.42 Å². The highest BCUT2D eigenvalue weighted by atomic mass is 16.2. The smallest absolute Gasteiger partial charge is 0.317 e. The Kier molecular flexibility index (Phi) is 4.80. The molecule has 0 radical (unpaired) electrons. The van der Waals surface area contributed by atoms with E-state index in [4.69, 9.17) is 0 Å². The Morgan fingerprint density at radius 2 is 1.89 bits per heavy atom. The first-order valence-electron chi connectivity index (χ1n) is 6.92. The monoisotopic (exact) mass is 261 g/mol. The average Bonchev–Trinajstić information content (AvgIpc) is 2.41. The number of piperazine rings is 1. The highest BCUT2D eigenvalue weighted by Crippen LogP contribution is 2.07. The van der Waals surface area contributed by atoms with Crippen molar-refractivity contribution >= 4 is 6.03 Å². The largest absolute Gasteiger partial charge is 0.338 e. The third-order valence-corrected chi connectivity index (χ3v) is 3.72. The fourth-order valence-corrected chi connectivity index (χ4v) is 2.32. The molecule has 0 aliphatic carbocycles. The van der Waals surface area contributed by atoms with Gasteiger partial charge in [0.1, 0.15) is 0 Å². The number of nitrogens with zero attached hydrogens (tertiary/aromatic N) is 2. The first kappa shape index (κ1) is 13.9. The minimum Gasteiger partial charge on any atom is -0.338 e. The normalized spacial score (nSPS) is 16.4. The molecule has 1 heterocycles. The van der Waals surface area contributed by atoms with E-state index in [0.29, 0.717) is 6.54 Å². The van der Waals surface area contributed by atoms with E-state index in [1.165, 1.54) is 11.1 Å². The molecule has 0 spiro atoms. The first-order valence-corrected chi connectivity index (χ1v) is 6.92. The van der Waals surface area contributed by atoms with Crippen molar-refractivity contribution in [3.8, 4) is 0 Å². The van der Waals surface area contributed by atoms with Gasteiger partial charge < -0.3 is 15.1 Å². The van der Waals surface area contributed by atoms with E-state index in [2.05, 4.69) is 36.3 Å². The summed E-state index contributed by atoms with van der Waals surface area (Å²) >= 11 is 0. The molecule has 0 saturated carbocycles. The Hall–Kier alpha value is -1.55. The zero-order valence-corrected chi connectivity index (χ0v) is 11.9. The Balaban J connectivity index is 1.74. The molecule has 19 heavy (non-hydrogen) atoms. The molecule has 4 nitrogen and oxygen atoms in total. The van der Waals surface area contributed by atoms with E-state index in [0.717, 1.165) is 32.6 Å². The summed E-state index contributed by atoms with van der Waals surface area (Å²) in [5.41, 5.74) is 2.59. The predicted octanol–water partition coefficient (Wildman–Crippen LogP) is 1.49. The Morgan fingerprint density at radius 1 is 1.21 bits per heavy atom. The quantitative estimate of drug-likeness (QED) is 0.895. The number of hydrogen-bond donors (Lipinski definition) is 1. The molecule has 4 heteroatoms. The van der Waals surface area contributed by atoms with E-state index >= 15 is 0 Å². The fourth-order valence-electron chi connectivity index (χ4n) is 2.32. The molecule has 0 atom stereocenters. The van der Waals surface area contributed by atoms with Gasteiger partial charge in [0.2, 0.25) is 0 Å². The van der Waals surface area contributed by atoms with Crippen LogP contribution in [-0.4, -0.2) is 55.6 Å². The minimum absolute atomic E-state index is 0.0710. The summed E-state index contributed by atoms with van der Waals surface area (Å²) in [6, 6.07) is 8.39. The third-order valence-electron chi connectivity index (χ3n) is 3.72. The number of aryl methyl sites for hydroxylation is 1. The number of rotatable bonds is 3. The number of nitrogens with one attached hydrogen (secondary N) is 1. The molecule has 0 bridgehead atoms. The van der Waals surface area contributed by atoms with Crippen LogP contribution in [0.5, 0.6) is 0 Å². The van der Waals surface area contributed by atoms with Crippen LogP contribution in [0.2, 0.25) is 0 Å². The summed E-state index contributed by atoms with van der Waals surface area (Å²) < 4.78 is 0. The zero-order valence-electron chi connectivity index (χ0n) is 11.9. The molecule has 2 rings (SSSR count). The summed E-state index contributed by atoms with van der Waals surface area (Å²) in [6.07, 6.45) is 0.895. The predicted molar refractivity (Wildman–Crippen MR) is 77.4 cm³/mol. The molecule has 104 valence electrons. The van der Waals surface area contributed by atoms with Crippen molar-refractivity contribution in [3.05, 3.63) is 35.4 Å². The van der Waals surface area contributed by atoms with E-state index in [1.54, 1.807) is 0 Å². The molecule has 1 N–H and O–H groups in total. The molecular formula is C15H23N3O. The second-order valence-electron chi connectivity index (χ2n) is 5.20. The molecule has 0 unspecified atom stereocenters. The van der Waals surface area contributed by atoms with Gasteiger partial charge in [-0.1, -0.05) is 24.3 Å². The molecule has 1 aromatic carbocycles. The van der Waals surface area contributed by atoms with Gasteiger partial charge in [0.15, 0.2) is 0 Å². The van der Waals surface area contributed by atoms with Crippen molar-refractivity contribution < 1.29 is 4.79 Å². The molecule has 1 aliphatic heterocycles. The Morgan fingerprint density at radius 3 is 2.58 bits per heavy atom. The second-order valence-corrected chi connectivity index (χ2v) is 5.20. The number of carbonyl (C=O) groups excluding carboxylic acids is 1. The number of likely N-dealkylation sites (N-methyl/N-ethyl adjacent to an activating group) is 1. The lowest BCUT2D eigenvalue weighted by Crippen LogP contribution is -2.50. The van der Waals surface area contributed by atoms with Crippen molar-refractivity contribution in [2.45, 2.75) is 13.3 Å². The van der Waals surface area contributed by atoms with Gasteiger partial charge in [-0.2, -0.15) is 0 Å². The highest BCUT2D eigenvalue weighted by Gasteiger charge is 2.18. The van der Waals surface area contributed by atoms with Gasteiger partial charge >= 0.3 is 6.03 Å². The molecule has 1 aromatic rings. The number of urea groups is 1. The van der Waals surface area contributed by atoms with Crippen molar-refractivity contribution in [1.82, 2.24) is 15.1 Å². The van der Waals surface area contributed by atoms with Crippen LogP contribution in [0, 0.1) is 6.92 Å². The number of hydrogen-bond acceptors (Lipinski definition) is 2. The van der Waals surface area contributed by atoms with Crippen molar-refractivity contribution in [2.75, 3.05) is 39.8 Å². The van der Waals surface area contributed by atoms with Gasteiger partial charge in [0, 0.05) is 32.7 Å². The lowest BCUT2D eigenvalue weighted by Gasteiger charge is -2.32. The molecule has 2 amide bonds. The maximum Gasteiger partial charge on any atom is 0.317 e. The van der Waals surface area contributed by atoms with Crippen LogP contribution >= 0.6 is 0 Å². The number of amides is 2. The maximum absolute atomic E-state index is 12.0. The van der Waals surface area contributed by atoms with Gasteiger partial charge in [-0.3, -0.25) is 0 Å². The van der Waals surface area contributed by atoms with E-state index in [1.807, 2.05) is 17.0 Å². The van der Waals surface area contributed by atoms with Gasteiger partial charge in [-0.15, -0.1) is 0 Å². The number of benzene rings is 1. The first-order chi connectivity index (χ1) is 9.16. The van der Waals surface area contributed by atoms with Crippen LogP contribution in [0.4, 0.5) is 4.79 Å². The molecular weight excluding hydrogens is 238 g/mol. The van der Waals surface area contributed by atoms with Gasteiger partial charge in [0.05, 0.1) is 0 Å². The van der Waals surface area contributed by atoms with Crippen molar-refractivity contribution in [3.63, 3.8) is 0 Å². The average molecular weight is 261 g/mol. The van der Waals surface area contributed by atoms with Crippen molar-refractivity contribution in [1.29, 1.82) is 0 Å². The highest BCUT2D eigenvalue weighted by molar-refractivity contribution is 5.74. The van der Waals surface area contributed by atoms with E-state index in [9.17, 15) is 4.79 Å². The van der Waals surface area contributed by atoms with Crippen LogP contribution in [0.3, 0.4) is 0 Å². The van der Waals surface area contributed by atoms with Crippen LogP contribution in [0.15, 0.2) is 24.3 Å². The standard InChI is InChI=1S/C15H23N3O/c1-13-5-3-4-6-14(13)7-8-16-15(19)18-11-9-17(2)10-12-18/h3-6H,7-12H2,1-2H3,(H,16,19). The summed E-state index contributed by atoms with van der Waals surface area (Å²) in [6.45, 7) is 6.39. The molecule has 1 aliphatic rings. The maximum atomic E-state index is 12.0. The van der Waals surface area contributed by atoms with Crippen LogP contribution in [0.25, 0.3) is 0 Å². The number of carbonyl (C=O) groups is 1. The summed E-state index contributed by atoms with van der Waals surface area (Å²) in [5, 5.41) is 3.01. The third kappa shape index (κ3) is 3.96. The molecule has 0 aromatic heterocycles. The van der Waals surface area contributed by atoms with E-state index in [-0.39, 0.29) is 6.03 Å². The second kappa shape index (κ2) is 6.57. The molecule has 1 fully saturated rings. The van der Waals surface area contributed by atoms with Crippen LogP contribution < -0.4 is 5.32 Å². The topological polar surface area (TPSA) is 35.6 Å². The summed E-state index contributed by atoms with van der Waals surface area (Å²) in [5.74, 6) is 0. The lowest BCUT2D eigenvalue weighted by molar-refractivity contribution is 0.154. The molecule has 1 saturated heterocycles. The van der Waals surface area contributed by atoms with Crippen molar-refractivity contribution in [2.24, 2.45) is 0 Å². The fraction of sp³-hybridized carbons (Fsp3) is 0.533. The summed E-state index contributed by atoms with van der Waals surface area (Å²) in [4.78, 5) is 16.1. The lowest BCUT2D eigenvalue weighted by atomic mass is 10.1. The van der Waals surface area contributed by atoms with Gasteiger partial charge in [-0.05, 0) is 31.5 Å². The van der Waals surface area contributed by atoms with E-state index < -0.39 is 0 Å².